The Kier molecular flexibility index (Phi) is 4.17. The molecule has 1 saturated heterocycles. The number of hydrogen-bond acceptors (Lipinski definition) is 4. The molecule has 0 radical (unpaired) electrons. The summed E-state index contributed by atoms with van der Waals surface area (Å²) >= 11 is 0. The van der Waals surface area contributed by atoms with Gasteiger partial charge in [0.15, 0.2) is 0 Å². The van der Waals surface area contributed by atoms with Crippen molar-refractivity contribution in [1.29, 1.82) is 0 Å². The monoisotopic (exact) mass is 264 g/mol. The van der Waals surface area contributed by atoms with E-state index in [0.29, 0.717) is 12.5 Å². The molecule has 1 aliphatic rings. The molecule has 2 atom stereocenters. The SMILES string of the molecule is Cc1c(CN2CCC(C)C2CO)cccc1[N+](=O)[O-]. The minimum absolute atomic E-state index is 0.148. The molecule has 2 unspecified atom stereocenters. The molecule has 1 N–H and O–H groups in total. The van der Waals surface area contributed by atoms with Gasteiger partial charge in [-0.25, -0.2) is 0 Å². The number of aliphatic hydroxyl groups is 1. The van der Waals surface area contributed by atoms with E-state index in [9.17, 15) is 15.2 Å². The number of likely N-dealkylation sites (tertiary alicyclic amines) is 1. The van der Waals surface area contributed by atoms with E-state index in [2.05, 4.69) is 11.8 Å². The van der Waals surface area contributed by atoms with Gasteiger partial charge >= 0.3 is 0 Å². The number of nitrogens with zero attached hydrogens (tertiary/aromatic N) is 2. The lowest BCUT2D eigenvalue weighted by atomic mass is 10.0. The Labute approximate surface area is 113 Å². The van der Waals surface area contributed by atoms with Crippen LogP contribution in [0.1, 0.15) is 24.5 Å². The van der Waals surface area contributed by atoms with E-state index < -0.39 is 0 Å². The number of nitro benzene ring substituents is 1. The zero-order valence-electron chi connectivity index (χ0n) is 11.4. The first-order chi connectivity index (χ1) is 9.04. The summed E-state index contributed by atoms with van der Waals surface area (Å²) in [7, 11) is 0. The van der Waals surface area contributed by atoms with E-state index in [1.165, 1.54) is 6.07 Å². The summed E-state index contributed by atoms with van der Waals surface area (Å²) < 4.78 is 0. The second-order valence-corrected chi connectivity index (χ2v) is 5.30. The summed E-state index contributed by atoms with van der Waals surface area (Å²) in [5.74, 6) is 0.476. The minimum Gasteiger partial charge on any atom is -0.395 e. The second kappa shape index (κ2) is 5.67. The fraction of sp³-hybridized carbons (Fsp3) is 0.571. The van der Waals surface area contributed by atoms with Crippen LogP contribution in [0, 0.1) is 23.0 Å². The Morgan fingerprint density at radius 3 is 2.89 bits per heavy atom. The lowest BCUT2D eigenvalue weighted by Gasteiger charge is -2.25. The summed E-state index contributed by atoms with van der Waals surface area (Å²) in [6.07, 6.45) is 1.07. The van der Waals surface area contributed by atoms with Gasteiger partial charge in [-0.1, -0.05) is 19.1 Å². The van der Waals surface area contributed by atoms with E-state index in [-0.39, 0.29) is 23.3 Å². The van der Waals surface area contributed by atoms with Crippen molar-refractivity contribution in [2.45, 2.75) is 32.9 Å². The van der Waals surface area contributed by atoms with Crippen LogP contribution in [0.15, 0.2) is 18.2 Å². The van der Waals surface area contributed by atoms with Crippen molar-refractivity contribution in [3.05, 3.63) is 39.4 Å². The molecule has 0 saturated carbocycles. The standard InChI is InChI=1S/C14H20N2O3/c1-10-6-7-15(14(10)9-17)8-12-4-3-5-13(11(12)2)16(18)19/h3-5,10,14,17H,6-9H2,1-2H3. The zero-order valence-corrected chi connectivity index (χ0v) is 11.4. The molecule has 1 heterocycles. The van der Waals surface area contributed by atoms with Crippen LogP contribution in [-0.4, -0.2) is 34.1 Å². The van der Waals surface area contributed by atoms with Gasteiger partial charge in [0, 0.05) is 24.2 Å². The molecule has 0 aliphatic carbocycles. The van der Waals surface area contributed by atoms with Gasteiger partial charge in [0.1, 0.15) is 0 Å². The van der Waals surface area contributed by atoms with Crippen molar-refractivity contribution in [2.75, 3.05) is 13.2 Å². The Morgan fingerprint density at radius 2 is 2.26 bits per heavy atom. The number of hydrogen-bond donors (Lipinski definition) is 1. The molecular weight excluding hydrogens is 244 g/mol. The minimum atomic E-state index is -0.338. The maximum Gasteiger partial charge on any atom is 0.272 e. The lowest BCUT2D eigenvalue weighted by Crippen LogP contribution is -2.34. The molecular formula is C14H20N2O3. The molecule has 1 aromatic rings. The lowest BCUT2D eigenvalue weighted by molar-refractivity contribution is -0.385. The first-order valence-corrected chi connectivity index (χ1v) is 6.62. The summed E-state index contributed by atoms with van der Waals surface area (Å²) in [6.45, 7) is 5.69. The Balaban J connectivity index is 2.20. The largest absolute Gasteiger partial charge is 0.395 e. The van der Waals surface area contributed by atoms with Gasteiger partial charge in [-0.15, -0.1) is 0 Å². The number of nitro groups is 1. The van der Waals surface area contributed by atoms with Gasteiger partial charge in [-0.05, 0) is 31.4 Å². The summed E-state index contributed by atoms with van der Waals surface area (Å²) in [4.78, 5) is 12.8. The fourth-order valence-electron chi connectivity index (χ4n) is 2.84. The number of benzene rings is 1. The van der Waals surface area contributed by atoms with Crippen molar-refractivity contribution >= 4 is 5.69 Å². The van der Waals surface area contributed by atoms with E-state index in [1.54, 1.807) is 13.0 Å². The van der Waals surface area contributed by atoms with Gasteiger partial charge in [-0.2, -0.15) is 0 Å². The maximum absolute atomic E-state index is 10.9. The Bertz CT molecular complexity index is 476. The molecule has 1 aromatic carbocycles. The van der Waals surface area contributed by atoms with Crippen LogP contribution < -0.4 is 0 Å². The second-order valence-electron chi connectivity index (χ2n) is 5.30. The Hall–Kier alpha value is -1.46. The first kappa shape index (κ1) is 14.0. The third kappa shape index (κ3) is 2.77. The molecule has 5 heteroatoms. The van der Waals surface area contributed by atoms with E-state index in [0.717, 1.165) is 24.1 Å². The quantitative estimate of drug-likeness (QED) is 0.668. The molecule has 104 valence electrons. The van der Waals surface area contributed by atoms with Crippen molar-refractivity contribution in [3.63, 3.8) is 0 Å². The maximum atomic E-state index is 10.9. The molecule has 19 heavy (non-hydrogen) atoms. The zero-order chi connectivity index (χ0) is 14.0. The third-order valence-electron chi connectivity index (χ3n) is 4.17. The van der Waals surface area contributed by atoms with Crippen molar-refractivity contribution in [2.24, 2.45) is 5.92 Å². The molecule has 5 nitrogen and oxygen atoms in total. The smallest absolute Gasteiger partial charge is 0.272 e. The highest BCUT2D eigenvalue weighted by Gasteiger charge is 2.30. The van der Waals surface area contributed by atoms with E-state index in [1.807, 2.05) is 6.07 Å². The topological polar surface area (TPSA) is 66.6 Å². The van der Waals surface area contributed by atoms with Gasteiger partial charge in [0.05, 0.1) is 11.5 Å². The van der Waals surface area contributed by atoms with E-state index >= 15 is 0 Å². The normalized spacial score (nSPS) is 23.7. The van der Waals surface area contributed by atoms with Crippen molar-refractivity contribution in [3.8, 4) is 0 Å². The molecule has 0 bridgehead atoms. The summed E-state index contributed by atoms with van der Waals surface area (Å²) in [6, 6.07) is 5.36. The van der Waals surface area contributed by atoms with Crippen LogP contribution in [-0.2, 0) is 6.54 Å². The molecule has 2 rings (SSSR count). The van der Waals surface area contributed by atoms with E-state index in [4.69, 9.17) is 0 Å². The number of aliphatic hydroxyl groups excluding tert-OH is 1. The highest BCUT2D eigenvalue weighted by Crippen LogP contribution is 2.28. The third-order valence-corrected chi connectivity index (χ3v) is 4.17. The number of rotatable bonds is 4. The summed E-state index contributed by atoms with van der Waals surface area (Å²) in [5, 5.41) is 20.4. The molecule has 1 aliphatic heterocycles. The fourth-order valence-corrected chi connectivity index (χ4v) is 2.84. The van der Waals surface area contributed by atoms with Crippen LogP contribution in [0.2, 0.25) is 0 Å². The van der Waals surface area contributed by atoms with Crippen molar-refractivity contribution < 1.29 is 10.0 Å². The van der Waals surface area contributed by atoms with Crippen LogP contribution >= 0.6 is 0 Å². The highest BCUT2D eigenvalue weighted by atomic mass is 16.6. The van der Waals surface area contributed by atoms with Crippen LogP contribution in [0.25, 0.3) is 0 Å². The van der Waals surface area contributed by atoms with Crippen LogP contribution in [0.3, 0.4) is 0 Å². The summed E-state index contributed by atoms with van der Waals surface area (Å²) in [5.41, 5.74) is 1.87. The predicted octanol–water partition coefficient (Wildman–Crippen LogP) is 2.11. The van der Waals surface area contributed by atoms with Gasteiger partial charge < -0.3 is 5.11 Å². The first-order valence-electron chi connectivity index (χ1n) is 6.62. The average Bonchev–Trinajstić information content (AvgIpc) is 2.72. The van der Waals surface area contributed by atoms with Crippen LogP contribution in [0.4, 0.5) is 5.69 Å². The van der Waals surface area contributed by atoms with Crippen molar-refractivity contribution in [1.82, 2.24) is 4.90 Å². The predicted molar refractivity (Wildman–Crippen MR) is 72.9 cm³/mol. The average molecular weight is 264 g/mol. The molecule has 0 amide bonds. The molecule has 0 spiro atoms. The van der Waals surface area contributed by atoms with Crippen LogP contribution in [0.5, 0.6) is 0 Å². The van der Waals surface area contributed by atoms with Gasteiger partial charge in [0.2, 0.25) is 0 Å². The highest BCUT2D eigenvalue weighted by molar-refractivity contribution is 5.44. The van der Waals surface area contributed by atoms with Gasteiger partial charge in [0.25, 0.3) is 5.69 Å². The van der Waals surface area contributed by atoms with Gasteiger partial charge in [-0.3, -0.25) is 15.0 Å². The molecule has 1 fully saturated rings. The Morgan fingerprint density at radius 1 is 1.53 bits per heavy atom. The molecule has 0 aromatic heterocycles.